The van der Waals surface area contributed by atoms with E-state index < -0.39 is 17.0 Å². The first-order valence-corrected chi connectivity index (χ1v) is 7.38. The summed E-state index contributed by atoms with van der Waals surface area (Å²) in [4.78, 5) is 38.3. The van der Waals surface area contributed by atoms with Gasteiger partial charge in [0.25, 0.3) is 0 Å². The van der Waals surface area contributed by atoms with Gasteiger partial charge in [-0.15, -0.1) is 0 Å². The van der Waals surface area contributed by atoms with E-state index in [1.165, 1.54) is 7.05 Å². The first-order valence-electron chi connectivity index (χ1n) is 7.38. The maximum atomic E-state index is 12.6. The van der Waals surface area contributed by atoms with Crippen LogP contribution in [0.3, 0.4) is 0 Å². The Hall–Kier alpha value is -1.59. The number of amides is 3. The van der Waals surface area contributed by atoms with Gasteiger partial charge in [0.05, 0.1) is 0 Å². The predicted molar refractivity (Wildman–Crippen MR) is 80.5 cm³/mol. The minimum atomic E-state index is -0.882. The summed E-state index contributed by atoms with van der Waals surface area (Å²) in [5.74, 6) is -0.558. The monoisotopic (exact) mass is 297 g/mol. The van der Waals surface area contributed by atoms with Crippen LogP contribution in [0.4, 0.5) is 0 Å². The molecule has 1 aliphatic heterocycles. The van der Waals surface area contributed by atoms with Crippen molar-refractivity contribution in [3.05, 3.63) is 0 Å². The molecule has 0 radical (unpaired) electrons. The summed E-state index contributed by atoms with van der Waals surface area (Å²) < 4.78 is 0. The summed E-state index contributed by atoms with van der Waals surface area (Å²) in [5.41, 5.74) is -1.41. The van der Waals surface area contributed by atoms with Gasteiger partial charge in [-0.1, -0.05) is 20.8 Å². The van der Waals surface area contributed by atoms with Crippen molar-refractivity contribution in [1.29, 1.82) is 0 Å². The van der Waals surface area contributed by atoms with Crippen molar-refractivity contribution in [2.75, 3.05) is 13.6 Å². The first-order chi connectivity index (χ1) is 9.54. The Balaban J connectivity index is 2.90. The average molecular weight is 297 g/mol. The average Bonchev–Trinajstić information content (AvgIpc) is 2.78. The van der Waals surface area contributed by atoms with Crippen LogP contribution < -0.4 is 10.6 Å². The van der Waals surface area contributed by atoms with Crippen molar-refractivity contribution < 1.29 is 14.4 Å². The third-order valence-electron chi connectivity index (χ3n) is 4.00. The second kappa shape index (κ2) is 6.03. The lowest BCUT2D eigenvalue weighted by Gasteiger charge is -2.38. The van der Waals surface area contributed by atoms with Crippen molar-refractivity contribution >= 4 is 17.7 Å². The fourth-order valence-electron chi connectivity index (χ4n) is 2.56. The summed E-state index contributed by atoms with van der Waals surface area (Å²) in [5, 5.41) is 5.20. The highest BCUT2D eigenvalue weighted by Gasteiger charge is 2.48. The predicted octanol–water partition coefficient (Wildman–Crippen LogP) is 0.664. The van der Waals surface area contributed by atoms with Crippen molar-refractivity contribution in [2.45, 2.75) is 59.0 Å². The number of hydrogen-bond donors (Lipinski definition) is 2. The Kier molecular flexibility index (Phi) is 5.02. The molecule has 21 heavy (non-hydrogen) atoms. The lowest BCUT2D eigenvalue weighted by atomic mass is 9.90. The number of nitrogens with one attached hydrogen (secondary N) is 2. The molecule has 2 N–H and O–H groups in total. The number of likely N-dealkylation sites (tertiary alicyclic amines) is 1. The van der Waals surface area contributed by atoms with E-state index in [9.17, 15) is 14.4 Å². The second-order valence-electron chi connectivity index (χ2n) is 6.89. The van der Waals surface area contributed by atoms with Gasteiger partial charge in [0.2, 0.25) is 17.7 Å². The van der Waals surface area contributed by atoms with Gasteiger partial charge in [-0.05, 0) is 26.7 Å². The Morgan fingerprint density at radius 1 is 1.24 bits per heavy atom. The standard InChI is InChI=1S/C15H27N3O3/c1-10(11(19)16-6)17-12(20)15(5)8-7-9-18(15)13(21)14(2,3)4/h10H,7-9H2,1-6H3,(H,16,19)(H,17,20)/t10-,15-/m0/s1. The normalized spacial score (nSPS) is 23.6. The number of hydrogen-bond acceptors (Lipinski definition) is 3. The van der Waals surface area contributed by atoms with Crippen LogP contribution in [0.2, 0.25) is 0 Å². The van der Waals surface area contributed by atoms with Crippen LogP contribution in [0.25, 0.3) is 0 Å². The van der Waals surface area contributed by atoms with Gasteiger partial charge in [-0.2, -0.15) is 0 Å². The molecule has 0 spiro atoms. The Bertz CT molecular complexity index is 442. The highest BCUT2D eigenvalue weighted by Crippen LogP contribution is 2.33. The summed E-state index contributed by atoms with van der Waals surface area (Å²) in [6, 6.07) is -0.619. The molecule has 2 atom stereocenters. The highest BCUT2D eigenvalue weighted by atomic mass is 16.2. The summed E-state index contributed by atoms with van der Waals surface area (Å²) in [6.45, 7) is 9.52. The maximum Gasteiger partial charge on any atom is 0.246 e. The zero-order chi connectivity index (χ0) is 16.4. The van der Waals surface area contributed by atoms with Crippen molar-refractivity contribution in [2.24, 2.45) is 5.41 Å². The third kappa shape index (κ3) is 3.54. The molecule has 1 heterocycles. The molecule has 3 amide bonds. The first kappa shape index (κ1) is 17.5. The molecule has 120 valence electrons. The van der Waals surface area contributed by atoms with E-state index in [0.717, 1.165) is 6.42 Å². The molecule has 0 bridgehead atoms. The molecular weight excluding hydrogens is 270 g/mol. The van der Waals surface area contributed by atoms with E-state index >= 15 is 0 Å². The van der Waals surface area contributed by atoms with Gasteiger partial charge < -0.3 is 15.5 Å². The van der Waals surface area contributed by atoms with Crippen LogP contribution in [0.5, 0.6) is 0 Å². The van der Waals surface area contributed by atoms with Gasteiger partial charge in [-0.3, -0.25) is 14.4 Å². The van der Waals surface area contributed by atoms with E-state index in [-0.39, 0.29) is 17.7 Å². The molecule has 1 saturated heterocycles. The van der Waals surface area contributed by atoms with Crippen molar-refractivity contribution in [3.8, 4) is 0 Å². The SMILES string of the molecule is CNC(=O)[C@H](C)NC(=O)[C@]1(C)CCCN1C(=O)C(C)(C)C. The van der Waals surface area contributed by atoms with E-state index in [4.69, 9.17) is 0 Å². The molecule has 0 aromatic rings. The number of carbonyl (C=O) groups excluding carboxylic acids is 3. The summed E-state index contributed by atoms with van der Waals surface area (Å²) in [7, 11) is 1.53. The highest BCUT2D eigenvalue weighted by molar-refractivity contribution is 5.95. The largest absolute Gasteiger partial charge is 0.357 e. The van der Waals surface area contributed by atoms with E-state index in [1.54, 1.807) is 18.7 Å². The molecule has 0 unspecified atom stereocenters. The number of likely N-dealkylation sites (N-methyl/N-ethyl adjacent to an activating group) is 1. The molecule has 0 saturated carbocycles. The Labute approximate surface area is 126 Å². The molecular formula is C15H27N3O3. The molecule has 6 nitrogen and oxygen atoms in total. The van der Waals surface area contributed by atoms with Crippen molar-refractivity contribution in [3.63, 3.8) is 0 Å². The number of nitrogens with zero attached hydrogens (tertiary/aromatic N) is 1. The lowest BCUT2D eigenvalue weighted by molar-refractivity contribution is -0.150. The summed E-state index contributed by atoms with van der Waals surface area (Å²) >= 11 is 0. The second-order valence-corrected chi connectivity index (χ2v) is 6.89. The molecule has 6 heteroatoms. The molecule has 0 aliphatic carbocycles. The topological polar surface area (TPSA) is 78.5 Å². The van der Waals surface area contributed by atoms with Crippen LogP contribution >= 0.6 is 0 Å². The summed E-state index contributed by atoms with van der Waals surface area (Å²) in [6.07, 6.45) is 1.40. The molecule has 0 aromatic heterocycles. The fraction of sp³-hybridized carbons (Fsp3) is 0.800. The van der Waals surface area contributed by atoms with E-state index in [0.29, 0.717) is 13.0 Å². The van der Waals surface area contributed by atoms with Crippen LogP contribution in [0, 0.1) is 5.41 Å². The molecule has 1 fully saturated rings. The van der Waals surface area contributed by atoms with E-state index in [2.05, 4.69) is 10.6 Å². The Morgan fingerprint density at radius 3 is 2.29 bits per heavy atom. The van der Waals surface area contributed by atoms with Crippen LogP contribution in [-0.2, 0) is 14.4 Å². The Morgan fingerprint density at radius 2 is 1.81 bits per heavy atom. The van der Waals surface area contributed by atoms with Gasteiger partial charge in [0.15, 0.2) is 0 Å². The quantitative estimate of drug-likeness (QED) is 0.803. The number of rotatable bonds is 3. The molecule has 1 rings (SSSR count). The minimum Gasteiger partial charge on any atom is -0.357 e. The molecule has 0 aromatic carbocycles. The van der Waals surface area contributed by atoms with Gasteiger partial charge >= 0.3 is 0 Å². The maximum absolute atomic E-state index is 12.6. The van der Waals surface area contributed by atoms with Crippen LogP contribution in [0.15, 0.2) is 0 Å². The third-order valence-corrected chi connectivity index (χ3v) is 4.00. The van der Waals surface area contributed by atoms with E-state index in [1.807, 2.05) is 20.8 Å². The van der Waals surface area contributed by atoms with Gasteiger partial charge in [0, 0.05) is 19.0 Å². The smallest absolute Gasteiger partial charge is 0.246 e. The van der Waals surface area contributed by atoms with Crippen molar-refractivity contribution in [1.82, 2.24) is 15.5 Å². The minimum absolute atomic E-state index is 0.0368. The fourth-order valence-corrected chi connectivity index (χ4v) is 2.56. The van der Waals surface area contributed by atoms with Crippen LogP contribution in [-0.4, -0.2) is 47.8 Å². The zero-order valence-electron chi connectivity index (χ0n) is 13.9. The number of carbonyl (C=O) groups is 3. The molecule has 1 aliphatic rings. The van der Waals surface area contributed by atoms with Gasteiger partial charge in [-0.25, -0.2) is 0 Å². The van der Waals surface area contributed by atoms with Crippen LogP contribution in [0.1, 0.15) is 47.5 Å². The zero-order valence-corrected chi connectivity index (χ0v) is 13.9. The van der Waals surface area contributed by atoms with Gasteiger partial charge in [0.1, 0.15) is 11.6 Å². The lowest BCUT2D eigenvalue weighted by Crippen LogP contribution is -2.60.